The Morgan fingerprint density at radius 1 is 1.41 bits per heavy atom. The molecule has 92 valence electrons. The van der Waals surface area contributed by atoms with E-state index in [9.17, 15) is 0 Å². The van der Waals surface area contributed by atoms with Crippen molar-refractivity contribution in [2.75, 3.05) is 13.2 Å². The summed E-state index contributed by atoms with van der Waals surface area (Å²) in [5.41, 5.74) is 2.48. The summed E-state index contributed by atoms with van der Waals surface area (Å²) in [6.07, 6.45) is 7.85. The molecule has 1 saturated heterocycles. The lowest BCUT2D eigenvalue weighted by Crippen LogP contribution is -2.27. The van der Waals surface area contributed by atoms with Crippen LogP contribution in [0.25, 0.3) is 0 Å². The minimum atomic E-state index is 0.337. The van der Waals surface area contributed by atoms with Gasteiger partial charge in [-0.2, -0.15) is 0 Å². The number of aromatic nitrogens is 2. The van der Waals surface area contributed by atoms with Gasteiger partial charge in [0.1, 0.15) is 5.82 Å². The quantitative estimate of drug-likeness (QED) is 0.834. The summed E-state index contributed by atoms with van der Waals surface area (Å²) in [7, 11) is 0. The highest BCUT2D eigenvalue weighted by molar-refractivity contribution is 5.20. The van der Waals surface area contributed by atoms with E-state index in [4.69, 9.17) is 4.74 Å². The smallest absolute Gasteiger partial charge is 0.131 e. The van der Waals surface area contributed by atoms with Crippen molar-refractivity contribution in [3.63, 3.8) is 0 Å². The molecule has 0 aliphatic carbocycles. The number of hydrogen-bond acceptors (Lipinski definition) is 4. The fourth-order valence-electron chi connectivity index (χ4n) is 2.55. The van der Waals surface area contributed by atoms with Gasteiger partial charge in [-0.1, -0.05) is 0 Å². The first-order valence-corrected chi connectivity index (χ1v) is 6.58. The summed E-state index contributed by atoms with van der Waals surface area (Å²) >= 11 is 0. The molecule has 0 radical (unpaired) electrons. The van der Waals surface area contributed by atoms with E-state index in [0.29, 0.717) is 6.10 Å². The average molecular weight is 233 g/mol. The molecule has 1 N–H and O–H groups in total. The van der Waals surface area contributed by atoms with Gasteiger partial charge in [-0.3, -0.25) is 0 Å². The lowest BCUT2D eigenvalue weighted by Gasteiger charge is -2.22. The third-order valence-corrected chi connectivity index (χ3v) is 3.54. The van der Waals surface area contributed by atoms with Crippen molar-refractivity contribution in [1.82, 2.24) is 15.3 Å². The molecule has 2 aliphatic heterocycles. The molecule has 1 aromatic rings. The maximum Gasteiger partial charge on any atom is 0.131 e. The molecule has 3 rings (SSSR count). The Balaban J connectivity index is 1.70. The first-order chi connectivity index (χ1) is 8.42. The molecule has 0 spiro atoms. The van der Waals surface area contributed by atoms with Gasteiger partial charge in [0, 0.05) is 50.0 Å². The van der Waals surface area contributed by atoms with E-state index in [-0.39, 0.29) is 0 Å². The van der Waals surface area contributed by atoms with Crippen molar-refractivity contribution < 1.29 is 4.74 Å². The summed E-state index contributed by atoms with van der Waals surface area (Å²) in [5, 5.41) is 3.34. The van der Waals surface area contributed by atoms with Crippen LogP contribution in [0, 0.1) is 0 Å². The molecule has 1 unspecified atom stereocenters. The van der Waals surface area contributed by atoms with Crippen LogP contribution in [-0.4, -0.2) is 29.2 Å². The molecule has 0 amide bonds. The number of hydrogen-bond donors (Lipinski definition) is 1. The van der Waals surface area contributed by atoms with Crippen LogP contribution in [0.3, 0.4) is 0 Å². The zero-order valence-electron chi connectivity index (χ0n) is 10.1. The van der Waals surface area contributed by atoms with Crippen molar-refractivity contribution in [2.45, 2.75) is 44.8 Å². The molecule has 0 bridgehead atoms. The highest BCUT2D eigenvalue weighted by Gasteiger charge is 2.17. The Morgan fingerprint density at radius 2 is 2.41 bits per heavy atom. The van der Waals surface area contributed by atoms with Crippen molar-refractivity contribution in [2.24, 2.45) is 0 Å². The molecular formula is C13H19N3O. The van der Waals surface area contributed by atoms with Crippen LogP contribution in [0.1, 0.15) is 36.3 Å². The van der Waals surface area contributed by atoms with Gasteiger partial charge in [-0.15, -0.1) is 0 Å². The standard InChI is InChI=1S/C13H19N3O/c1-2-6-17-11(3-1)7-13-15-9-10-8-14-5-4-12(10)16-13/h9,11,14H,1-8H2. The molecule has 0 saturated carbocycles. The third kappa shape index (κ3) is 2.64. The van der Waals surface area contributed by atoms with E-state index in [2.05, 4.69) is 15.3 Å². The molecule has 2 aliphatic rings. The van der Waals surface area contributed by atoms with Crippen LogP contribution in [0.15, 0.2) is 6.20 Å². The first-order valence-electron chi connectivity index (χ1n) is 6.58. The largest absolute Gasteiger partial charge is 0.378 e. The van der Waals surface area contributed by atoms with Gasteiger partial charge in [0.25, 0.3) is 0 Å². The highest BCUT2D eigenvalue weighted by atomic mass is 16.5. The van der Waals surface area contributed by atoms with Crippen LogP contribution in [0.2, 0.25) is 0 Å². The number of nitrogens with zero attached hydrogens (tertiary/aromatic N) is 2. The Kier molecular flexibility index (Phi) is 3.34. The molecule has 17 heavy (non-hydrogen) atoms. The zero-order valence-corrected chi connectivity index (χ0v) is 10.1. The molecule has 3 heterocycles. The predicted octanol–water partition coefficient (Wildman–Crippen LogP) is 1.23. The van der Waals surface area contributed by atoms with Crippen LogP contribution in [-0.2, 0) is 24.1 Å². The Bertz CT molecular complexity index is 388. The van der Waals surface area contributed by atoms with E-state index >= 15 is 0 Å². The molecule has 4 heteroatoms. The fraction of sp³-hybridized carbons (Fsp3) is 0.692. The van der Waals surface area contributed by atoms with Crippen LogP contribution in [0.4, 0.5) is 0 Å². The second-order valence-corrected chi connectivity index (χ2v) is 4.88. The molecular weight excluding hydrogens is 214 g/mol. The molecule has 1 fully saturated rings. The second-order valence-electron chi connectivity index (χ2n) is 4.88. The average Bonchev–Trinajstić information content (AvgIpc) is 2.40. The van der Waals surface area contributed by atoms with Gasteiger partial charge < -0.3 is 10.1 Å². The maximum atomic E-state index is 5.73. The van der Waals surface area contributed by atoms with Crippen LogP contribution >= 0.6 is 0 Å². The Labute approximate surface area is 102 Å². The fourth-order valence-corrected chi connectivity index (χ4v) is 2.55. The summed E-state index contributed by atoms with van der Waals surface area (Å²) < 4.78 is 5.73. The van der Waals surface area contributed by atoms with Crippen LogP contribution < -0.4 is 5.32 Å². The summed E-state index contributed by atoms with van der Waals surface area (Å²) in [5.74, 6) is 0.956. The second kappa shape index (κ2) is 5.10. The Morgan fingerprint density at radius 3 is 3.29 bits per heavy atom. The monoisotopic (exact) mass is 233 g/mol. The zero-order chi connectivity index (χ0) is 11.5. The third-order valence-electron chi connectivity index (χ3n) is 3.54. The van der Waals surface area contributed by atoms with Crippen molar-refractivity contribution >= 4 is 0 Å². The highest BCUT2D eigenvalue weighted by Crippen LogP contribution is 2.17. The van der Waals surface area contributed by atoms with E-state index < -0.39 is 0 Å². The topological polar surface area (TPSA) is 47.0 Å². The minimum Gasteiger partial charge on any atom is -0.378 e. The van der Waals surface area contributed by atoms with E-state index in [1.807, 2.05) is 6.20 Å². The SMILES string of the molecule is c1nc(CC2CCCCO2)nc2c1CNCC2. The van der Waals surface area contributed by atoms with Gasteiger partial charge >= 0.3 is 0 Å². The van der Waals surface area contributed by atoms with Crippen LogP contribution in [0.5, 0.6) is 0 Å². The normalized spacial score (nSPS) is 24.4. The summed E-state index contributed by atoms with van der Waals surface area (Å²) in [6.45, 7) is 2.85. The lowest BCUT2D eigenvalue weighted by atomic mass is 10.1. The van der Waals surface area contributed by atoms with Gasteiger partial charge in [-0.05, 0) is 19.3 Å². The van der Waals surface area contributed by atoms with Gasteiger partial charge in [-0.25, -0.2) is 9.97 Å². The number of rotatable bonds is 2. The summed E-state index contributed by atoms with van der Waals surface area (Å²) in [4.78, 5) is 9.13. The molecule has 1 atom stereocenters. The van der Waals surface area contributed by atoms with Gasteiger partial charge in [0.05, 0.1) is 6.10 Å². The van der Waals surface area contributed by atoms with Crippen molar-refractivity contribution in [3.8, 4) is 0 Å². The first kappa shape index (κ1) is 11.1. The molecule has 0 aromatic carbocycles. The van der Waals surface area contributed by atoms with Crippen molar-refractivity contribution in [1.29, 1.82) is 0 Å². The minimum absolute atomic E-state index is 0.337. The molecule has 1 aromatic heterocycles. The lowest BCUT2D eigenvalue weighted by molar-refractivity contribution is 0.0156. The number of ether oxygens (including phenoxy) is 1. The van der Waals surface area contributed by atoms with Gasteiger partial charge in [0.2, 0.25) is 0 Å². The van der Waals surface area contributed by atoms with E-state index in [1.165, 1.54) is 24.1 Å². The molecule has 4 nitrogen and oxygen atoms in total. The Hall–Kier alpha value is -1.00. The number of fused-ring (bicyclic) bond motifs is 1. The predicted molar refractivity (Wildman–Crippen MR) is 64.7 cm³/mol. The van der Waals surface area contributed by atoms with Crippen molar-refractivity contribution in [3.05, 3.63) is 23.3 Å². The maximum absolute atomic E-state index is 5.73. The van der Waals surface area contributed by atoms with Gasteiger partial charge in [0.15, 0.2) is 0 Å². The summed E-state index contributed by atoms with van der Waals surface area (Å²) in [6, 6.07) is 0. The van der Waals surface area contributed by atoms with E-state index in [1.54, 1.807) is 0 Å². The number of nitrogens with one attached hydrogen (secondary N) is 1. The van der Waals surface area contributed by atoms with E-state index in [0.717, 1.165) is 44.8 Å².